The summed E-state index contributed by atoms with van der Waals surface area (Å²) in [4.78, 5) is 19.8. The molecule has 2 aromatic carbocycles. The second-order valence-corrected chi connectivity index (χ2v) is 5.45. The first-order chi connectivity index (χ1) is 10.3. The molecule has 2 atom stereocenters. The standard InChI is InChI=1S/C17H15N3O/c21-16(13-10-12(13)11-6-2-1-3-7-11)20-17-18-14-8-4-5-9-15(14)19-17/h1-9,12-13H,10H2,(H2,18,19,20,21)/t12-,13+/m1/s1. The van der Waals surface area contributed by atoms with E-state index in [1.54, 1.807) is 0 Å². The van der Waals surface area contributed by atoms with Crippen molar-refractivity contribution < 1.29 is 4.79 Å². The lowest BCUT2D eigenvalue weighted by atomic mass is 10.1. The summed E-state index contributed by atoms with van der Waals surface area (Å²) in [5.74, 6) is 0.971. The minimum absolute atomic E-state index is 0.0444. The Kier molecular flexibility index (Phi) is 2.74. The summed E-state index contributed by atoms with van der Waals surface area (Å²) in [5, 5.41) is 2.89. The van der Waals surface area contributed by atoms with Gasteiger partial charge in [0.2, 0.25) is 11.9 Å². The second-order valence-electron chi connectivity index (χ2n) is 5.45. The van der Waals surface area contributed by atoms with Gasteiger partial charge in [-0.05, 0) is 30.0 Å². The van der Waals surface area contributed by atoms with Gasteiger partial charge in [-0.2, -0.15) is 0 Å². The predicted molar refractivity (Wildman–Crippen MR) is 82.0 cm³/mol. The largest absolute Gasteiger partial charge is 0.324 e. The number of hydrogen-bond donors (Lipinski definition) is 2. The molecule has 1 aliphatic carbocycles. The van der Waals surface area contributed by atoms with E-state index < -0.39 is 0 Å². The van der Waals surface area contributed by atoms with E-state index in [1.807, 2.05) is 42.5 Å². The summed E-state index contributed by atoms with van der Waals surface area (Å²) < 4.78 is 0. The van der Waals surface area contributed by atoms with Crippen LogP contribution in [0, 0.1) is 5.92 Å². The van der Waals surface area contributed by atoms with E-state index in [2.05, 4.69) is 27.4 Å². The summed E-state index contributed by atoms with van der Waals surface area (Å²) in [6.45, 7) is 0. The van der Waals surface area contributed by atoms with Crippen LogP contribution in [0.3, 0.4) is 0 Å². The molecule has 3 aromatic rings. The second kappa shape index (κ2) is 4.74. The first-order valence-electron chi connectivity index (χ1n) is 7.12. The number of amides is 1. The third-order valence-electron chi connectivity index (χ3n) is 3.99. The zero-order valence-corrected chi connectivity index (χ0v) is 11.4. The van der Waals surface area contributed by atoms with E-state index in [1.165, 1.54) is 5.56 Å². The molecule has 1 heterocycles. The number of para-hydroxylation sites is 2. The van der Waals surface area contributed by atoms with Crippen molar-refractivity contribution in [3.63, 3.8) is 0 Å². The fraction of sp³-hybridized carbons (Fsp3) is 0.176. The van der Waals surface area contributed by atoms with Crippen LogP contribution in [0.25, 0.3) is 11.0 Å². The van der Waals surface area contributed by atoms with Crippen molar-refractivity contribution >= 4 is 22.9 Å². The normalized spacial score (nSPS) is 20.4. The number of anilines is 1. The van der Waals surface area contributed by atoms with Gasteiger partial charge in [0.1, 0.15) is 0 Å². The third kappa shape index (κ3) is 2.29. The van der Waals surface area contributed by atoms with Crippen LogP contribution in [0.4, 0.5) is 5.95 Å². The van der Waals surface area contributed by atoms with Crippen LogP contribution in [0.5, 0.6) is 0 Å². The molecule has 4 rings (SSSR count). The van der Waals surface area contributed by atoms with E-state index >= 15 is 0 Å². The number of fused-ring (bicyclic) bond motifs is 1. The molecule has 0 unspecified atom stereocenters. The lowest BCUT2D eigenvalue weighted by Gasteiger charge is -2.01. The molecule has 0 saturated heterocycles. The van der Waals surface area contributed by atoms with Crippen molar-refractivity contribution in [3.05, 3.63) is 60.2 Å². The van der Waals surface area contributed by atoms with Gasteiger partial charge in [-0.1, -0.05) is 42.5 Å². The van der Waals surface area contributed by atoms with Gasteiger partial charge in [0, 0.05) is 5.92 Å². The first kappa shape index (κ1) is 12.1. The van der Waals surface area contributed by atoms with Gasteiger partial charge in [0.05, 0.1) is 11.0 Å². The van der Waals surface area contributed by atoms with E-state index in [-0.39, 0.29) is 11.8 Å². The first-order valence-corrected chi connectivity index (χ1v) is 7.12. The molecule has 104 valence electrons. The Morgan fingerprint density at radius 2 is 1.86 bits per heavy atom. The van der Waals surface area contributed by atoms with Crippen LogP contribution in [-0.2, 0) is 4.79 Å². The zero-order valence-electron chi connectivity index (χ0n) is 11.4. The molecule has 1 amide bonds. The van der Waals surface area contributed by atoms with E-state index in [0.29, 0.717) is 11.9 Å². The Morgan fingerprint density at radius 3 is 2.67 bits per heavy atom. The van der Waals surface area contributed by atoms with Crippen molar-refractivity contribution in [3.8, 4) is 0 Å². The summed E-state index contributed by atoms with van der Waals surface area (Å²) in [6.07, 6.45) is 0.913. The number of carbonyl (C=O) groups is 1. The molecule has 4 nitrogen and oxygen atoms in total. The number of H-pyrrole nitrogens is 1. The smallest absolute Gasteiger partial charge is 0.230 e. The molecule has 2 N–H and O–H groups in total. The van der Waals surface area contributed by atoms with Gasteiger partial charge >= 0.3 is 0 Å². The Morgan fingerprint density at radius 1 is 1.10 bits per heavy atom. The Labute approximate surface area is 122 Å². The maximum atomic E-state index is 12.3. The summed E-state index contributed by atoms with van der Waals surface area (Å²) in [5.41, 5.74) is 3.04. The lowest BCUT2D eigenvalue weighted by Crippen LogP contribution is -2.15. The minimum atomic E-state index is 0.0444. The zero-order chi connectivity index (χ0) is 14.2. The Bertz CT molecular complexity index is 761. The van der Waals surface area contributed by atoms with Crippen molar-refractivity contribution in [2.75, 3.05) is 5.32 Å². The number of nitrogens with zero attached hydrogens (tertiary/aromatic N) is 1. The molecule has 0 bridgehead atoms. The van der Waals surface area contributed by atoms with Crippen LogP contribution in [0.1, 0.15) is 17.9 Å². The highest BCUT2D eigenvalue weighted by molar-refractivity contribution is 5.95. The van der Waals surface area contributed by atoms with Gasteiger partial charge in [-0.15, -0.1) is 0 Å². The van der Waals surface area contributed by atoms with Crippen molar-refractivity contribution in [2.45, 2.75) is 12.3 Å². The van der Waals surface area contributed by atoms with Crippen LogP contribution in [0.2, 0.25) is 0 Å². The highest BCUT2D eigenvalue weighted by Gasteiger charge is 2.44. The molecule has 1 aliphatic rings. The van der Waals surface area contributed by atoms with Gasteiger partial charge in [0.15, 0.2) is 0 Å². The van der Waals surface area contributed by atoms with Gasteiger partial charge < -0.3 is 4.98 Å². The maximum Gasteiger partial charge on any atom is 0.230 e. The topological polar surface area (TPSA) is 57.8 Å². The van der Waals surface area contributed by atoms with Crippen molar-refractivity contribution in [2.24, 2.45) is 5.92 Å². The predicted octanol–water partition coefficient (Wildman–Crippen LogP) is 3.31. The molecule has 1 aromatic heterocycles. The molecule has 21 heavy (non-hydrogen) atoms. The van der Waals surface area contributed by atoms with Crippen LogP contribution >= 0.6 is 0 Å². The van der Waals surface area contributed by atoms with Gasteiger partial charge in [-0.3, -0.25) is 10.1 Å². The van der Waals surface area contributed by atoms with Crippen LogP contribution < -0.4 is 5.32 Å². The van der Waals surface area contributed by atoms with E-state index in [0.717, 1.165) is 17.5 Å². The average molecular weight is 277 g/mol. The lowest BCUT2D eigenvalue weighted by molar-refractivity contribution is -0.117. The molecule has 0 spiro atoms. The van der Waals surface area contributed by atoms with Gasteiger partial charge in [-0.25, -0.2) is 4.98 Å². The number of carbonyl (C=O) groups excluding carboxylic acids is 1. The number of aromatic amines is 1. The molecule has 0 radical (unpaired) electrons. The summed E-state index contributed by atoms with van der Waals surface area (Å²) >= 11 is 0. The fourth-order valence-electron chi connectivity index (χ4n) is 2.77. The molecular weight excluding hydrogens is 262 g/mol. The number of benzene rings is 2. The van der Waals surface area contributed by atoms with Crippen LogP contribution in [-0.4, -0.2) is 15.9 Å². The third-order valence-corrected chi connectivity index (χ3v) is 3.99. The highest BCUT2D eigenvalue weighted by atomic mass is 16.2. The van der Waals surface area contributed by atoms with Crippen molar-refractivity contribution in [1.82, 2.24) is 9.97 Å². The SMILES string of the molecule is O=C(Nc1nc2ccccc2[nH]1)[C@H]1C[C@@H]1c1ccccc1. The number of aromatic nitrogens is 2. The number of rotatable bonds is 3. The summed E-state index contributed by atoms with van der Waals surface area (Å²) in [6, 6.07) is 17.9. The minimum Gasteiger partial charge on any atom is -0.324 e. The molecule has 1 saturated carbocycles. The number of hydrogen-bond acceptors (Lipinski definition) is 2. The van der Waals surface area contributed by atoms with Crippen LogP contribution in [0.15, 0.2) is 54.6 Å². The van der Waals surface area contributed by atoms with E-state index in [4.69, 9.17) is 0 Å². The Hall–Kier alpha value is -2.62. The molecule has 4 heteroatoms. The quantitative estimate of drug-likeness (QED) is 0.771. The number of nitrogens with one attached hydrogen (secondary N) is 2. The highest BCUT2D eigenvalue weighted by Crippen LogP contribution is 2.47. The van der Waals surface area contributed by atoms with Crippen molar-refractivity contribution in [1.29, 1.82) is 0 Å². The Balaban J connectivity index is 1.47. The maximum absolute atomic E-state index is 12.3. The van der Waals surface area contributed by atoms with E-state index in [9.17, 15) is 4.79 Å². The monoisotopic (exact) mass is 277 g/mol. The molecule has 0 aliphatic heterocycles. The number of imidazole rings is 1. The average Bonchev–Trinajstić information content (AvgIpc) is 3.22. The molecular formula is C17H15N3O. The van der Waals surface area contributed by atoms with Gasteiger partial charge in [0.25, 0.3) is 0 Å². The molecule has 1 fully saturated rings. The fourth-order valence-corrected chi connectivity index (χ4v) is 2.77. The summed E-state index contributed by atoms with van der Waals surface area (Å²) in [7, 11) is 0.